The Balaban J connectivity index is 4.86. The number of ether oxygens (including phenoxy) is 1. The molecule has 0 aliphatic heterocycles. The van der Waals surface area contributed by atoms with Crippen LogP contribution in [0.25, 0.3) is 0 Å². The van der Waals surface area contributed by atoms with Crippen molar-refractivity contribution in [2.45, 2.75) is 40.7 Å². The molecule has 1 N–H and O–H groups in total. The van der Waals surface area contributed by atoms with Crippen molar-refractivity contribution >= 4 is 35.9 Å². The average Bonchev–Trinajstić information content (AvgIpc) is 2.28. The Morgan fingerprint density at radius 3 is 2.06 bits per heavy atom. The van der Waals surface area contributed by atoms with Gasteiger partial charge in [0.2, 0.25) is 0 Å². The summed E-state index contributed by atoms with van der Waals surface area (Å²) in [6.07, 6.45) is 0. The zero-order valence-corrected chi connectivity index (χ0v) is 13.4. The second-order valence-corrected chi connectivity index (χ2v) is 6.21. The minimum absolute atomic E-state index is 0.0871. The van der Waals surface area contributed by atoms with Crippen LogP contribution in [0.3, 0.4) is 0 Å². The van der Waals surface area contributed by atoms with E-state index in [1.165, 1.54) is 28.8 Å². The van der Waals surface area contributed by atoms with Gasteiger partial charge in [0, 0.05) is 17.5 Å². The van der Waals surface area contributed by atoms with Crippen LogP contribution in [0.5, 0.6) is 0 Å². The van der Waals surface area contributed by atoms with Crippen molar-refractivity contribution in [2.24, 2.45) is 0 Å². The fourth-order valence-electron chi connectivity index (χ4n) is 1.22. The Hall–Kier alpha value is -0.560. The van der Waals surface area contributed by atoms with Crippen LogP contribution in [-0.2, 0) is 4.74 Å². The van der Waals surface area contributed by atoms with Crippen molar-refractivity contribution in [3.05, 3.63) is 0 Å². The lowest BCUT2D eigenvalue weighted by molar-refractivity contribution is 0.186. The summed E-state index contributed by atoms with van der Waals surface area (Å²) in [7, 11) is 0. The van der Waals surface area contributed by atoms with Crippen LogP contribution < -0.4 is 0 Å². The SMILES string of the molecule is CCOC(=N)N(C(=O)N(SCC)SCC)C(C)C. The molecule has 0 saturated heterocycles. The standard InChI is InChI=1S/C11H23N3O2S2/c1-6-16-10(12)13(9(4)5)11(15)14(17-7-2)18-8-3/h9,12H,6-8H2,1-5H3. The van der Waals surface area contributed by atoms with Gasteiger partial charge in [0.1, 0.15) is 0 Å². The van der Waals surface area contributed by atoms with Crippen LogP contribution in [0.2, 0.25) is 0 Å². The molecule has 0 aromatic heterocycles. The smallest absolute Gasteiger partial charge is 0.348 e. The Labute approximate surface area is 118 Å². The highest BCUT2D eigenvalue weighted by atomic mass is 32.2. The summed E-state index contributed by atoms with van der Waals surface area (Å²) in [4.78, 5) is 13.7. The van der Waals surface area contributed by atoms with Gasteiger partial charge in [-0.15, -0.1) is 0 Å². The van der Waals surface area contributed by atoms with Crippen LogP contribution in [0.1, 0.15) is 34.6 Å². The van der Waals surface area contributed by atoms with E-state index >= 15 is 0 Å². The summed E-state index contributed by atoms with van der Waals surface area (Å²) in [5, 5.41) is 7.80. The highest BCUT2D eigenvalue weighted by Crippen LogP contribution is 2.24. The lowest BCUT2D eigenvalue weighted by atomic mass is 10.3. The fourth-order valence-corrected chi connectivity index (χ4v) is 3.02. The van der Waals surface area contributed by atoms with E-state index < -0.39 is 0 Å². The van der Waals surface area contributed by atoms with E-state index in [-0.39, 0.29) is 18.1 Å². The van der Waals surface area contributed by atoms with Crippen LogP contribution in [-0.4, -0.2) is 44.8 Å². The van der Waals surface area contributed by atoms with Crippen LogP contribution in [0.4, 0.5) is 4.79 Å². The predicted octanol–water partition coefficient (Wildman–Crippen LogP) is 3.43. The van der Waals surface area contributed by atoms with Gasteiger partial charge in [-0.2, -0.15) is 0 Å². The monoisotopic (exact) mass is 293 g/mol. The Morgan fingerprint density at radius 2 is 1.72 bits per heavy atom. The molecule has 0 aliphatic carbocycles. The molecular weight excluding hydrogens is 270 g/mol. The van der Waals surface area contributed by atoms with E-state index in [9.17, 15) is 4.79 Å². The lowest BCUT2D eigenvalue weighted by Gasteiger charge is -2.30. The second kappa shape index (κ2) is 9.38. The van der Waals surface area contributed by atoms with Gasteiger partial charge in [0.05, 0.1) is 6.61 Å². The van der Waals surface area contributed by atoms with E-state index in [2.05, 4.69) is 0 Å². The topological polar surface area (TPSA) is 56.6 Å². The molecule has 0 bridgehead atoms. The normalized spacial score (nSPS) is 10.3. The number of carbonyl (C=O) groups excluding carboxylic acids is 1. The van der Waals surface area contributed by atoms with Crippen molar-refractivity contribution < 1.29 is 9.53 Å². The number of nitrogens with one attached hydrogen (secondary N) is 1. The molecule has 0 fully saturated rings. The summed E-state index contributed by atoms with van der Waals surface area (Å²) in [5.41, 5.74) is 0. The van der Waals surface area contributed by atoms with Gasteiger partial charge in [-0.1, -0.05) is 13.8 Å². The van der Waals surface area contributed by atoms with Gasteiger partial charge >= 0.3 is 6.03 Å². The number of hydrogen-bond donors (Lipinski definition) is 1. The lowest BCUT2D eigenvalue weighted by Crippen LogP contribution is -2.46. The van der Waals surface area contributed by atoms with Gasteiger partial charge in [-0.3, -0.25) is 5.41 Å². The predicted molar refractivity (Wildman–Crippen MR) is 79.8 cm³/mol. The van der Waals surface area contributed by atoms with E-state index in [0.29, 0.717) is 6.61 Å². The number of carbonyl (C=O) groups is 1. The molecule has 7 heteroatoms. The highest BCUT2D eigenvalue weighted by molar-refractivity contribution is 8.12. The summed E-state index contributed by atoms with van der Waals surface area (Å²) in [6, 6.07) is -0.396. The van der Waals surface area contributed by atoms with Gasteiger partial charge in [-0.25, -0.2) is 13.4 Å². The summed E-state index contributed by atoms with van der Waals surface area (Å²) in [5.74, 6) is 1.62. The second-order valence-electron chi connectivity index (χ2n) is 3.58. The van der Waals surface area contributed by atoms with E-state index in [4.69, 9.17) is 10.1 Å². The van der Waals surface area contributed by atoms with E-state index in [1.54, 1.807) is 10.6 Å². The average molecular weight is 293 g/mol. The van der Waals surface area contributed by atoms with Gasteiger partial charge in [0.15, 0.2) is 0 Å². The Morgan fingerprint density at radius 1 is 1.22 bits per heavy atom. The van der Waals surface area contributed by atoms with Crippen LogP contribution in [0, 0.1) is 5.41 Å². The quantitative estimate of drug-likeness (QED) is 0.463. The Kier molecular flexibility index (Phi) is 9.09. The molecule has 0 saturated carbocycles. The highest BCUT2D eigenvalue weighted by Gasteiger charge is 2.28. The van der Waals surface area contributed by atoms with Crippen molar-refractivity contribution in [2.75, 3.05) is 18.1 Å². The summed E-state index contributed by atoms with van der Waals surface area (Å²) >= 11 is 2.89. The number of rotatable bonds is 6. The number of amidine groups is 1. The molecule has 0 spiro atoms. The molecule has 0 radical (unpaired) electrons. The zero-order chi connectivity index (χ0) is 14.1. The molecule has 0 aliphatic rings. The first-order valence-electron chi connectivity index (χ1n) is 6.09. The largest absolute Gasteiger partial charge is 0.465 e. The van der Waals surface area contributed by atoms with Gasteiger partial charge in [-0.05, 0) is 44.7 Å². The maximum Gasteiger partial charge on any atom is 0.348 e. The van der Waals surface area contributed by atoms with Crippen LogP contribution >= 0.6 is 23.9 Å². The molecule has 0 aromatic carbocycles. The molecular formula is C11H23N3O2S2. The Bertz CT molecular complexity index is 269. The fraction of sp³-hybridized carbons (Fsp3) is 0.818. The minimum Gasteiger partial charge on any atom is -0.465 e. The zero-order valence-electron chi connectivity index (χ0n) is 11.7. The third-order valence-electron chi connectivity index (χ3n) is 1.87. The molecule has 0 aromatic rings. The van der Waals surface area contributed by atoms with Crippen molar-refractivity contribution in [3.63, 3.8) is 0 Å². The number of nitrogens with zero attached hydrogens (tertiary/aromatic N) is 2. The van der Waals surface area contributed by atoms with Crippen molar-refractivity contribution in [3.8, 4) is 0 Å². The molecule has 5 nitrogen and oxygen atoms in total. The van der Waals surface area contributed by atoms with Gasteiger partial charge in [0.25, 0.3) is 6.02 Å². The summed E-state index contributed by atoms with van der Waals surface area (Å²) in [6.45, 7) is 9.92. The van der Waals surface area contributed by atoms with Crippen molar-refractivity contribution in [1.82, 2.24) is 8.61 Å². The first-order chi connectivity index (χ1) is 8.49. The number of amides is 2. The molecule has 0 rings (SSSR count). The van der Waals surface area contributed by atoms with E-state index in [1.807, 2.05) is 27.7 Å². The maximum absolute atomic E-state index is 12.4. The van der Waals surface area contributed by atoms with E-state index in [0.717, 1.165) is 11.5 Å². The molecule has 2 amide bonds. The summed E-state index contributed by atoms with van der Waals surface area (Å²) < 4.78 is 6.75. The third kappa shape index (κ3) is 5.39. The van der Waals surface area contributed by atoms with Crippen LogP contribution in [0.15, 0.2) is 0 Å². The number of urea groups is 1. The molecule has 18 heavy (non-hydrogen) atoms. The molecule has 0 atom stereocenters. The van der Waals surface area contributed by atoms with Crippen molar-refractivity contribution in [1.29, 1.82) is 5.41 Å². The first kappa shape index (κ1) is 17.4. The first-order valence-corrected chi connectivity index (χ1v) is 7.98. The maximum atomic E-state index is 12.4. The minimum atomic E-state index is -0.206. The third-order valence-corrected chi connectivity index (χ3v) is 3.80. The number of hydrogen-bond acceptors (Lipinski definition) is 5. The molecule has 0 heterocycles. The molecule has 106 valence electrons. The molecule has 0 unspecified atom stereocenters. The van der Waals surface area contributed by atoms with Gasteiger partial charge < -0.3 is 4.74 Å².